The lowest BCUT2D eigenvalue weighted by Crippen LogP contribution is -2.35. The van der Waals surface area contributed by atoms with Crippen molar-refractivity contribution in [1.82, 2.24) is 14.8 Å². The Kier molecular flexibility index (Phi) is 3.68. The summed E-state index contributed by atoms with van der Waals surface area (Å²) in [4.78, 5) is 11.8. The zero-order valence-corrected chi connectivity index (χ0v) is 11.4. The van der Waals surface area contributed by atoms with Crippen molar-refractivity contribution in [1.29, 1.82) is 0 Å². The van der Waals surface area contributed by atoms with Gasteiger partial charge in [0.25, 0.3) is 0 Å². The van der Waals surface area contributed by atoms with Crippen LogP contribution in [0.4, 0.5) is 0 Å². The molecule has 1 aliphatic rings. The number of rotatable bonds is 5. The van der Waals surface area contributed by atoms with Gasteiger partial charge in [0.1, 0.15) is 5.82 Å². The Morgan fingerprint density at radius 3 is 2.61 bits per heavy atom. The average molecular weight is 251 g/mol. The zero-order valence-electron chi connectivity index (χ0n) is 11.4. The molecule has 2 rings (SSSR count). The van der Waals surface area contributed by atoms with Crippen LogP contribution in [-0.2, 0) is 11.3 Å². The van der Waals surface area contributed by atoms with Crippen LogP contribution in [0, 0.1) is 12.3 Å². The number of aromatic nitrogens is 3. The van der Waals surface area contributed by atoms with E-state index in [1.807, 2.05) is 11.5 Å². The first kappa shape index (κ1) is 13.1. The molecule has 0 atom stereocenters. The predicted octanol–water partition coefficient (Wildman–Crippen LogP) is 2.34. The van der Waals surface area contributed by atoms with E-state index in [0.29, 0.717) is 17.8 Å². The third kappa shape index (κ3) is 2.26. The largest absolute Gasteiger partial charge is 0.460 e. The average Bonchev–Trinajstić information content (AvgIpc) is 2.66. The second-order valence-electron chi connectivity index (χ2n) is 5.08. The van der Waals surface area contributed by atoms with Crippen molar-refractivity contribution in [2.45, 2.75) is 53.0 Å². The Balaban J connectivity index is 2.21. The van der Waals surface area contributed by atoms with Gasteiger partial charge in [-0.1, -0.05) is 13.3 Å². The Hall–Kier alpha value is -1.39. The number of nitrogens with zero attached hydrogens (tertiary/aromatic N) is 3. The molecule has 1 aliphatic carbocycles. The summed E-state index contributed by atoms with van der Waals surface area (Å²) in [5, 5.41) is 7.96. The lowest BCUT2D eigenvalue weighted by atomic mass is 9.67. The third-order valence-electron chi connectivity index (χ3n) is 4.05. The fraction of sp³-hybridized carbons (Fsp3) is 0.769. The fourth-order valence-corrected chi connectivity index (χ4v) is 2.55. The van der Waals surface area contributed by atoms with Crippen LogP contribution in [0.2, 0.25) is 0 Å². The topological polar surface area (TPSA) is 57.0 Å². The molecule has 1 fully saturated rings. The second-order valence-corrected chi connectivity index (χ2v) is 5.08. The first-order chi connectivity index (χ1) is 8.62. The van der Waals surface area contributed by atoms with E-state index in [0.717, 1.165) is 18.8 Å². The summed E-state index contributed by atoms with van der Waals surface area (Å²) in [6, 6.07) is 0. The Bertz CT molecular complexity index is 430. The Morgan fingerprint density at radius 1 is 1.39 bits per heavy atom. The molecule has 0 aliphatic heterocycles. The minimum absolute atomic E-state index is 0.328. The van der Waals surface area contributed by atoms with Crippen molar-refractivity contribution in [2.24, 2.45) is 5.41 Å². The van der Waals surface area contributed by atoms with E-state index < -0.39 is 0 Å². The van der Waals surface area contributed by atoms with Crippen LogP contribution in [0.1, 0.15) is 56.0 Å². The molecule has 5 heteroatoms. The maximum atomic E-state index is 11.8. The summed E-state index contributed by atoms with van der Waals surface area (Å²) in [5.74, 6) is 0.760. The lowest BCUT2D eigenvalue weighted by Gasteiger charge is -2.41. The molecule has 0 saturated heterocycles. The van der Waals surface area contributed by atoms with Gasteiger partial charge in [0.05, 0.1) is 6.61 Å². The molecule has 0 unspecified atom stereocenters. The molecule has 5 nitrogen and oxygen atoms in total. The van der Waals surface area contributed by atoms with Gasteiger partial charge >= 0.3 is 5.97 Å². The van der Waals surface area contributed by atoms with Crippen LogP contribution < -0.4 is 0 Å². The number of hydrogen-bond donors (Lipinski definition) is 0. The van der Waals surface area contributed by atoms with E-state index in [-0.39, 0.29) is 5.97 Å². The van der Waals surface area contributed by atoms with Crippen LogP contribution in [0.5, 0.6) is 0 Å². The number of carbonyl (C=O) groups excluding carboxylic acids is 1. The molecule has 1 saturated carbocycles. The molecule has 0 aromatic carbocycles. The third-order valence-corrected chi connectivity index (χ3v) is 4.05. The molecule has 18 heavy (non-hydrogen) atoms. The summed E-state index contributed by atoms with van der Waals surface area (Å²) >= 11 is 0. The first-order valence-electron chi connectivity index (χ1n) is 6.69. The summed E-state index contributed by atoms with van der Waals surface area (Å²) < 4.78 is 6.94. The minimum Gasteiger partial charge on any atom is -0.460 e. The van der Waals surface area contributed by atoms with Gasteiger partial charge in [-0.25, -0.2) is 4.79 Å². The molecule has 100 valence electrons. The molecule has 0 spiro atoms. The quantitative estimate of drug-likeness (QED) is 0.754. The maximum Gasteiger partial charge on any atom is 0.376 e. The van der Waals surface area contributed by atoms with E-state index >= 15 is 0 Å². The molecule has 0 radical (unpaired) electrons. The van der Waals surface area contributed by atoms with Gasteiger partial charge < -0.3 is 9.30 Å². The van der Waals surface area contributed by atoms with E-state index in [9.17, 15) is 4.79 Å². The van der Waals surface area contributed by atoms with E-state index in [1.54, 1.807) is 6.92 Å². The molecule has 0 N–H and O–H groups in total. The molecule has 1 aromatic heterocycles. The highest BCUT2D eigenvalue weighted by molar-refractivity contribution is 5.85. The van der Waals surface area contributed by atoms with Gasteiger partial charge in [0, 0.05) is 6.54 Å². The smallest absolute Gasteiger partial charge is 0.376 e. The highest BCUT2D eigenvalue weighted by atomic mass is 16.5. The fourth-order valence-electron chi connectivity index (χ4n) is 2.55. The van der Waals surface area contributed by atoms with E-state index in [2.05, 4.69) is 17.1 Å². The Morgan fingerprint density at radius 2 is 2.11 bits per heavy atom. The van der Waals surface area contributed by atoms with Gasteiger partial charge in [0.2, 0.25) is 5.82 Å². The highest BCUT2D eigenvalue weighted by Gasteiger charge is 2.37. The molecular formula is C13H21N3O2. The normalized spacial score (nSPS) is 17.3. The van der Waals surface area contributed by atoms with Crippen molar-refractivity contribution >= 4 is 5.97 Å². The molecule has 1 aromatic rings. The summed E-state index contributed by atoms with van der Waals surface area (Å²) in [6.45, 7) is 7.09. The van der Waals surface area contributed by atoms with Crippen LogP contribution in [0.15, 0.2) is 0 Å². The summed E-state index contributed by atoms with van der Waals surface area (Å²) in [5.41, 5.74) is 0.328. The molecule has 0 bridgehead atoms. The highest BCUT2D eigenvalue weighted by Crippen LogP contribution is 2.45. The van der Waals surface area contributed by atoms with Crippen molar-refractivity contribution in [3.63, 3.8) is 0 Å². The number of ether oxygens (including phenoxy) is 1. The second kappa shape index (κ2) is 5.08. The van der Waals surface area contributed by atoms with Gasteiger partial charge in [0.15, 0.2) is 0 Å². The number of esters is 1. The van der Waals surface area contributed by atoms with Crippen LogP contribution in [0.3, 0.4) is 0 Å². The van der Waals surface area contributed by atoms with E-state index in [4.69, 9.17) is 4.74 Å². The number of carbonyl (C=O) groups is 1. The first-order valence-corrected chi connectivity index (χ1v) is 6.69. The monoisotopic (exact) mass is 251 g/mol. The van der Waals surface area contributed by atoms with Crippen LogP contribution >= 0.6 is 0 Å². The van der Waals surface area contributed by atoms with Gasteiger partial charge in [-0.3, -0.25) is 0 Å². The Labute approximate surface area is 108 Å². The SMILES string of the molecule is CCOC(=O)c1nnc(C)n1CC1(CC)CCC1. The van der Waals surface area contributed by atoms with Crippen LogP contribution in [0.25, 0.3) is 0 Å². The zero-order chi connectivity index (χ0) is 13.2. The molecule has 1 heterocycles. The van der Waals surface area contributed by atoms with Crippen molar-refractivity contribution in [3.05, 3.63) is 11.6 Å². The summed E-state index contributed by atoms with van der Waals surface area (Å²) in [6.07, 6.45) is 4.86. The maximum absolute atomic E-state index is 11.8. The number of hydrogen-bond acceptors (Lipinski definition) is 4. The van der Waals surface area contributed by atoms with E-state index in [1.165, 1.54) is 19.3 Å². The van der Waals surface area contributed by atoms with Crippen molar-refractivity contribution < 1.29 is 9.53 Å². The van der Waals surface area contributed by atoms with Gasteiger partial charge in [-0.2, -0.15) is 0 Å². The minimum atomic E-state index is -0.372. The van der Waals surface area contributed by atoms with Crippen molar-refractivity contribution in [2.75, 3.05) is 6.61 Å². The number of aryl methyl sites for hydroxylation is 1. The molecule has 0 amide bonds. The summed E-state index contributed by atoms with van der Waals surface area (Å²) in [7, 11) is 0. The van der Waals surface area contributed by atoms with Gasteiger partial charge in [-0.15, -0.1) is 10.2 Å². The van der Waals surface area contributed by atoms with Crippen LogP contribution in [-0.4, -0.2) is 27.3 Å². The standard InChI is InChI=1S/C13H21N3O2/c1-4-13(7-6-8-13)9-16-10(3)14-15-11(16)12(17)18-5-2/h4-9H2,1-3H3. The van der Waals surface area contributed by atoms with Gasteiger partial charge in [-0.05, 0) is 38.5 Å². The predicted molar refractivity (Wildman–Crippen MR) is 67.3 cm³/mol. The lowest BCUT2D eigenvalue weighted by molar-refractivity contribution is 0.0487. The van der Waals surface area contributed by atoms with Crippen molar-refractivity contribution in [3.8, 4) is 0 Å². The molecular weight excluding hydrogens is 230 g/mol.